The van der Waals surface area contributed by atoms with E-state index in [0.29, 0.717) is 27.7 Å². The number of methoxy groups -OCH3 is 2. The predicted octanol–water partition coefficient (Wildman–Crippen LogP) is 3.19. The summed E-state index contributed by atoms with van der Waals surface area (Å²) < 4.78 is 9.71. The Morgan fingerprint density at radius 2 is 1.88 bits per heavy atom. The number of nitrogens with one attached hydrogen (secondary N) is 2. The molecule has 1 amide bonds. The first-order valence-corrected chi connectivity index (χ1v) is 7.47. The van der Waals surface area contributed by atoms with E-state index < -0.39 is 5.97 Å². The average Bonchev–Trinajstić information content (AvgIpc) is 2.59. The van der Waals surface area contributed by atoms with Gasteiger partial charge in [-0.15, -0.1) is 0 Å². The van der Waals surface area contributed by atoms with Crippen molar-refractivity contribution in [2.75, 3.05) is 31.4 Å². The molecule has 0 aliphatic rings. The van der Waals surface area contributed by atoms with Crippen LogP contribution < -0.4 is 15.4 Å². The first-order valence-electron chi connectivity index (χ1n) is 7.09. The second-order valence-corrected chi connectivity index (χ2v) is 5.23. The molecule has 0 heterocycles. The highest BCUT2D eigenvalue weighted by Gasteiger charge is 2.08. The summed E-state index contributed by atoms with van der Waals surface area (Å²) in [5.41, 5.74) is 1.57. The topological polar surface area (TPSA) is 76.7 Å². The highest BCUT2D eigenvalue weighted by molar-refractivity contribution is 6.32. The number of benzene rings is 2. The van der Waals surface area contributed by atoms with Gasteiger partial charge in [0.15, 0.2) is 0 Å². The zero-order chi connectivity index (χ0) is 17.5. The largest absolute Gasteiger partial charge is 0.495 e. The standard InChI is InChI=1S/C17H17ClN2O4/c1-23-15-7-6-12(9-14(15)18)19-10-16(21)20-13-5-3-4-11(8-13)17(22)24-2/h3-9,19H,10H2,1-2H3,(H,20,21). The van der Waals surface area contributed by atoms with Gasteiger partial charge in [0.1, 0.15) is 5.75 Å². The van der Waals surface area contributed by atoms with E-state index in [1.807, 2.05) is 0 Å². The fourth-order valence-electron chi connectivity index (χ4n) is 2.01. The second-order valence-electron chi connectivity index (χ2n) is 4.82. The van der Waals surface area contributed by atoms with Gasteiger partial charge in [-0.2, -0.15) is 0 Å². The smallest absolute Gasteiger partial charge is 0.337 e. The third kappa shape index (κ3) is 4.63. The van der Waals surface area contributed by atoms with E-state index in [2.05, 4.69) is 15.4 Å². The molecule has 0 radical (unpaired) electrons. The molecular weight excluding hydrogens is 332 g/mol. The number of hydrogen-bond donors (Lipinski definition) is 2. The van der Waals surface area contributed by atoms with Gasteiger partial charge in [0.2, 0.25) is 5.91 Å². The molecular formula is C17H17ClN2O4. The highest BCUT2D eigenvalue weighted by Crippen LogP contribution is 2.27. The normalized spacial score (nSPS) is 9.96. The van der Waals surface area contributed by atoms with Crippen molar-refractivity contribution in [3.63, 3.8) is 0 Å². The summed E-state index contributed by atoms with van der Waals surface area (Å²) in [7, 11) is 2.84. The molecule has 0 aliphatic heterocycles. The van der Waals surface area contributed by atoms with Gasteiger partial charge in [0, 0.05) is 11.4 Å². The van der Waals surface area contributed by atoms with Gasteiger partial charge in [-0.3, -0.25) is 4.79 Å². The van der Waals surface area contributed by atoms with E-state index in [9.17, 15) is 9.59 Å². The minimum absolute atomic E-state index is 0.0467. The molecule has 0 aromatic heterocycles. The monoisotopic (exact) mass is 348 g/mol. The van der Waals surface area contributed by atoms with Crippen LogP contribution in [0.25, 0.3) is 0 Å². The summed E-state index contributed by atoms with van der Waals surface area (Å²) in [6.45, 7) is 0.0467. The highest BCUT2D eigenvalue weighted by atomic mass is 35.5. The molecule has 6 nitrogen and oxygen atoms in total. The molecule has 2 aromatic rings. The zero-order valence-corrected chi connectivity index (χ0v) is 14.0. The van der Waals surface area contributed by atoms with Crippen molar-refractivity contribution in [1.82, 2.24) is 0 Å². The maximum absolute atomic E-state index is 12.0. The number of ether oxygens (including phenoxy) is 2. The summed E-state index contributed by atoms with van der Waals surface area (Å²) in [5, 5.41) is 6.12. The fraction of sp³-hybridized carbons (Fsp3) is 0.176. The third-order valence-electron chi connectivity index (χ3n) is 3.17. The number of rotatable bonds is 6. The Hall–Kier alpha value is -2.73. The second kappa shape index (κ2) is 8.21. The van der Waals surface area contributed by atoms with E-state index in [0.717, 1.165) is 0 Å². The lowest BCUT2D eigenvalue weighted by molar-refractivity contribution is -0.114. The summed E-state index contributed by atoms with van der Waals surface area (Å²) in [5.74, 6) is -0.160. The van der Waals surface area contributed by atoms with E-state index in [1.54, 1.807) is 42.5 Å². The van der Waals surface area contributed by atoms with Crippen LogP contribution >= 0.6 is 11.6 Å². The Bertz CT molecular complexity index is 749. The molecule has 0 aliphatic carbocycles. The maximum atomic E-state index is 12.0. The summed E-state index contributed by atoms with van der Waals surface area (Å²) >= 11 is 6.03. The van der Waals surface area contributed by atoms with Crippen LogP contribution in [-0.4, -0.2) is 32.6 Å². The third-order valence-corrected chi connectivity index (χ3v) is 3.47. The molecule has 0 saturated heterocycles. The lowest BCUT2D eigenvalue weighted by Gasteiger charge is -2.10. The van der Waals surface area contributed by atoms with Crippen molar-refractivity contribution in [3.8, 4) is 5.75 Å². The number of esters is 1. The number of anilines is 2. The molecule has 0 unspecified atom stereocenters. The van der Waals surface area contributed by atoms with Crippen LogP contribution in [0.15, 0.2) is 42.5 Å². The molecule has 7 heteroatoms. The average molecular weight is 349 g/mol. The number of halogens is 1. The Labute approximate surface area is 144 Å². The first kappa shape index (κ1) is 17.6. The van der Waals surface area contributed by atoms with Crippen molar-refractivity contribution in [2.24, 2.45) is 0 Å². The first-order chi connectivity index (χ1) is 11.5. The predicted molar refractivity (Wildman–Crippen MR) is 92.9 cm³/mol. The lowest BCUT2D eigenvalue weighted by atomic mass is 10.2. The fourth-order valence-corrected chi connectivity index (χ4v) is 2.26. The van der Waals surface area contributed by atoms with Crippen molar-refractivity contribution < 1.29 is 19.1 Å². The number of hydrogen-bond acceptors (Lipinski definition) is 5. The van der Waals surface area contributed by atoms with Crippen LogP contribution in [-0.2, 0) is 9.53 Å². The van der Waals surface area contributed by atoms with Gasteiger partial charge < -0.3 is 20.1 Å². The Kier molecular flexibility index (Phi) is 6.03. The van der Waals surface area contributed by atoms with Gasteiger partial charge >= 0.3 is 5.97 Å². The lowest BCUT2D eigenvalue weighted by Crippen LogP contribution is -2.21. The minimum atomic E-state index is -0.461. The summed E-state index contributed by atoms with van der Waals surface area (Å²) in [4.78, 5) is 23.5. The summed E-state index contributed by atoms with van der Waals surface area (Å²) in [6.07, 6.45) is 0. The summed E-state index contributed by atoms with van der Waals surface area (Å²) in [6, 6.07) is 11.7. The van der Waals surface area contributed by atoms with Crippen LogP contribution in [0.2, 0.25) is 5.02 Å². The SMILES string of the molecule is COC(=O)c1cccc(NC(=O)CNc2ccc(OC)c(Cl)c2)c1. The Balaban J connectivity index is 1.94. The van der Waals surface area contributed by atoms with Crippen LogP contribution in [0.3, 0.4) is 0 Å². The van der Waals surface area contributed by atoms with Crippen molar-refractivity contribution in [3.05, 3.63) is 53.1 Å². The van der Waals surface area contributed by atoms with Gasteiger partial charge in [-0.1, -0.05) is 17.7 Å². The molecule has 2 aromatic carbocycles. The molecule has 0 spiro atoms. The minimum Gasteiger partial charge on any atom is -0.495 e. The molecule has 0 bridgehead atoms. The van der Waals surface area contributed by atoms with Gasteiger partial charge in [-0.05, 0) is 36.4 Å². The van der Waals surface area contributed by atoms with Crippen LogP contribution in [0.4, 0.5) is 11.4 Å². The Morgan fingerprint density at radius 3 is 2.54 bits per heavy atom. The number of carbonyl (C=O) groups excluding carboxylic acids is 2. The van der Waals surface area contributed by atoms with Crippen molar-refractivity contribution >= 4 is 34.9 Å². The molecule has 2 N–H and O–H groups in total. The molecule has 24 heavy (non-hydrogen) atoms. The molecule has 2 rings (SSSR count). The van der Waals surface area contributed by atoms with E-state index in [-0.39, 0.29) is 12.5 Å². The van der Waals surface area contributed by atoms with E-state index in [1.165, 1.54) is 14.2 Å². The van der Waals surface area contributed by atoms with Gasteiger partial charge in [-0.25, -0.2) is 4.79 Å². The van der Waals surface area contributed by atoms with E-state index >= 15 is 0 Å². The number of amides is 1. The van der Waals surface area contributed by atoms with Gasteiger partial charge in [0.25, 0.3) is 0 Å². The van der Waals surface area contributed by atoms with Gasteiger partial charge in [0.05, 0.1) is 31.4 Å². The van der Waals surface area contributed by atoms with Crippen LogP contribution in [0.5, 0.6) is 5.75 Å². The van der Waals surface area contributed by atoms with E-state index in [4.69, 9.17) is 16.3 Å². The molecule has 0 saturated carbocycles. The van der Waals surface area contributed by atoms with Crippen LogP contribution in [0, 0.1) is 0 Å². The molecule has 0 atom stereocenters. The van der Waals surface area contributed by atoms with Crippen molar-refractivity contribution in [2.45, 2.75) is 0 Å². The maximum Gasteiger partial charge on any atom is 0.337 e. The number of carbonyl (C=O) groups is 2. The zero-order valence-electron chi connectivity index (χ0n) is 13.3. The molecule has 126 valence electrons. The van der Waals surface area contributed by atoms with Crippen LogP contribution in [0.1, 0.15) is 10.4 Å². The van der Waals surface area contributed by atoms with Crippen molar-refractivity contribution in [1.29, 1.82) is 0 Å². The quantitative estimate of drug-likeness (QED) is 0.784. The Morgan fingerprint density at radius 1 is 1.08 bits per heavy atom. The molecule has 0 fully saturated rings.